The molecule has 2 aromatic rings. The maximum Gasteiger partial charge on any atom is 0.234 e. The van der Waals surface area contributed by atoms with Gasteiger partial charge < -0.3 is 10.6 Å². The number of rotatable bonds is 9. The molecule has 1 aliphatic heterocycles. The van der Waals surface area contributed by atoms with Crippen LogP contribution in [0.1, 0.15) is 41.8 Å². The minimum atomic E-state index is 0. The van der Waals surface area contributed by atoms with Gasteiger partial charge in [0.2, 0.25) is 5.91 Å². The lowest BCUT2D eigenvalue weighted by molar-refractivity contribution is -0.122. The van der Waals surface area contributed by atoms with Gasteiger partial charge >= 0.3 is 0 Å². The number of benzene rings is 1. The van der Waals surface area contributed by atoms with E-state index in [-0.39, 0.29) is 30.7 Å². The number of hydrogen-bond acceptors (Lipinski definition) is 4. The van der Waals surface area contributed by atoms with Crippen molar-refractivity contribution in [2.24, 2.45) is 5.92 Å². The van der Waals surface area contributed by atoms with Gasteiger partial charge in [0.25, 0.3) is 0 Å². The van der Waals surface area contributed by atoms with Crippen molar-refractivity contribution in [2.75, 3.05) is 33.2 Å². The molecule has 31 heavy (non-hydrogen) atoms. The molecule has 2 N–H and O–H groups in total. The molecule has 1 saturated heterocycles. The van der Waals surface area contributed by atoms with E-state index in [2.05, 4.69) is 39.7 Å². The molecule has 6 nitrogen and oxygen atoms in total. The molecule has 0 bridgehead atoms. The molecule has 0 spiro atoms. The molecule has 1 aromatic heterocycles. The highest BCUT2D eigenvalue weighted by Crippen LogP contribution is 2.20. The molecule has 2 heterocycles. The molecule has 1 aromatic carbocycles. The highest BCUT2D eigenvalue weighted by Gasteiger charge is 2.21. The predicted octanol–water partition coefficient (Wildman–Crippen LogP) is 3.33. The second-order valence-electron chi connectivity index (χ2n) is 8.18. The Hall–Kier alpha value is -1.60. The Bertz CT molecular complexity index is 789. The number of nitrogens with zero attached hydrogens (tertiary/aromatic N) is 3. The fraction of sp³-hybridized carbons (Fsp3) is 0.565. The topological polar surface area (TPSA) is 62.2 Å². The van der Waals surface area contributed by atoms with Gasteiger partial charge in [0.05, 0.1) is 18.8 Å². The van der Waals surface area contributed by atoms with Crippen LogP contribution >= 0.6 is 24.8 Å². The summed E-state index contributed by atoms with van der Waals surface area (Å²) in [5.74, 6) is 0.899. The summed E-state index contributed by atoms with van der Waals surface area (Å²) in [4.78, 5) is 14.8. The van der Waals surface area contributed by atoms with Crippen molar-refractivity contribution in [2.45, 2.75) is 46.2 Å². The van der Waals surface area contributed by atoms with Gasteiger partial charge in [-0.25, -0.2) is 0 Å². The van der Waals surface area contributed by atoms with Crippen LogP contribution in [0.2, 0.25) is 0 Å². The zero-order valence-corrected chi connectivity index (χ0v) is 20.5. The number of nitrogens with one attached hydrogen (secondary N) is 2. The third-order valence-electron chi connectivity index (χ3n) is 6.05. The van der Waals surface area contributed by atoms with Crippen molar-refractivity contribution in [1.82, 2.24) is 25.3 Å². The highest BCUT2D eigenvalue weighted by molar-refractivity contribution is 5.85. The van der Waals surface area contributed by atoms with Gasteiger partial charge in [0.15, 0.2) is 0 Å². The van der Waals surface area contributed by atoms with Gasteiger partial charge in [-0.05, 0) is 71.3 Å². The number of amides is 1. The number of carbonyl (C=O) groups excluding carboxylic acids is 1. The summed E-state index contributed by atoms with van der Waals surface area (Å²) in [6, 6.07) is 10.3. The summed E-state index contributed by atoms with van der Waals surface area (Å²) in [5, 5.41) is 11.0. The Morgan fingerprint density at radius 1 is 1.13 bits per heavy atom. The summed E-state index contributed by atoms with van der Waals surface area (Å²) in [6.45, 7) is 9.03. The molecule has 8 heteroatoms. The maximum absolute atomic E-state index is 12.5. The Morgan fingerprint density at radius 3 is 2.45 bits per heavy atom. The first-order valence-corrected chi connectivity index (χ1v) is 10.8. The van der Waals surface area contributed by atoms with Crippen LogP contribution in [0.3, 0.4) is 0 Å². The third-order valence-corrected chi connectivity index (χ3v) is 6.05. The Kier molecular flexibility index (Phi) is 12.2. The molecule has 0 atom stereocenters. The van der Waals surface area contributed by atoms with Gasteiger partial charge in [0, 0.05) is 17.8 Å². The van der Waals surface area contributed by atoms with Crippen LogP contribution in [0.5, 0.6) is 0 Å². The molecule has 3 rings (SSSR count). The van der Waals surface area contributed by atoms with E-state index in [0.717, 1.165) is 49.0 Å². The lowest BCUT2D eigenvalue weighted by atomic mass is 9.93. The fourth-order valence-corrected chi connectivity index (χ4v) is 4.13. The largest absolute Gasteiger partial charge is 0.351 e. The molecule has 0 unspecified atom stereocenters. The van der Waals surface area contributed by atoms with Crippen LogP contribution in [-0.2, 0) is 17.9 Å². The first kappa shape index (κ1) is 27.4. The second-order valence-corrected chi connectivity index (χ2v) is 8.18. The Morgan fingerprint density at radius 2 is 1.81 bits per heavy atom. The zero-order valence-electron chi connectivity index (χ0n) is 18.9. The van der Waals surface area contributed by atoms with Crippen molar-refractivity contribution in [1.29, 1.82) is 0 Å². The van der Waals surface area contributed by atoms with Crippen molar-refractivity contribution in [3.63, 3.8) is 0 Å². The number of aryl methyl sites for hydroxylation is 1. The lowest BCUT2D eigenvalue weighted by Crippen LogP contribution is -2.41. The minimum absolute atomic E-state index is 0. The summed E-state index contributed by atoms with van der Waals surface area (Å²) in [7, 11) is 2.01. The van der Waals surface area contributed by atoms with E-state index in [4.69, 9.17) is 0 Å². The van der Waals surface area contributed by atoms with Gasteiger partial charge in [-0.15, -0.1) is 24.8 Å². The van der Waals surface area contributed by atoms with E-state index < -0.39 is 0 Å². The van der Waals surface area contributed by atoms with E-state index in [1.807, 2.05) is 36.9 Å². The first-order chi connectivity index (χ1) is 14.1. The molecule has 0 aliphatic carbocycles. The Labute approximate surface area is 199 Å². The number of hydrogen-bond donors (Lipinski definition) is 2. The number of aromatic nitrogens is 2. The predicted molar refractivity (Wildman–Crippen MR) is 131 cm³/mol. The van der Waals surface area contributed by atoms with E-state index in [9.17, 15) is 4.79 Å². The van der Waals surface area contributed by atoms with E-state index in [0.29, 0.717) is 13.1 Å². The maximum atomic E-state index is 12.5. The molecule has 174 valence electrons. The fourth-order valence-electron chi connectivity index (χ4n) is 4.13. The molecular weight excluding hydrogens is 433 g/mol. The molecule has 1 fully saturated rings. The lowest BCUT2D eigenvalue weighted by Gasteiger charge is -2.31. The highest BCUT2D eigenvalue weighted by atomic mass is 35.5. The minimum Gasteiger partial charge on any atom is -0.351 e. The number of piperidine rings is 1. The first-order valence-electron chi connectivity index (χ1n) is 10.8. The van der Waals surface area contributed by atoms with Crippen molar-refractivity contribution in [3.8, 4) is 0 Å². The smallest absolute Gasteiger partial charge is 0.234 e. The van der Waals surface area contributed by atoms with Gasteiger partial charge in [0.1, 0.15) is 0 Å². The molecule has 1 amide bonds. The average molecular weight is 470 g/mol. The molecular formula is C23H37Cl2N5O. The number of carbonyl (C=O) groups is 1. The van der Waals surface area contributed by atoms with Crippen molar-refractivity contribution in [3.05, 3.63) is 52.8 Å². The van der Waals surface area contributed by atoms with Crippen LogP contribution < -0.4 is 10.6 Å². The quantitative estimate of drug-likeness (QED) is 0.590. The van der Waals surface area contributed by atoms with Crippen molar-refractivity contribution < 1.29 is 4.79 Å². The molecule has 0 radical (unpaired) electrons. The molecule has 0 saturated carbocycles. The zero-order chi connectivity index (χ0) is 20.6. The summed E-state index contributed by atoms with van der Waals surface area (Å²) in [5.41, 5.74) is 4.47. The van der Waals surface area contributed by atoms with Crippen LogP contribution in [-0.4, -0.2) is 53.8 Å². The summed E-state index contributed by atoms with van der Waals surface area (Å²) < 4.78 is 2.03. The number of halogens is 2. The van der Waals surface area contributed by atoms with E-state index >= 15 is 0 Å². The van der Waals surface area contributed by atoms with E-state index in [1.54, 1.807) is 0 Å². The normalized spacial score (nSPS) is 14.5. The monoisotopic (exact) mass is 469 g/mol. The average Bonchev–Trinajstić information content (AvgIpc) is 2.99. The SMILES string of the molecule is CNCCC1CCN(CC(=O)NCc2c(C)nn(Cc3ccccc3)c2C)CC1.Cl.Cl. The summed E-state index contributed by atoms with van der Waals surface area (Å²) in [6.07, 6.45) is 3.63. The van der Waals surface area contributed by atoms with Crippen LogP contribution in [0.15, 0.2) is 30.3 Å². The standard InChI is InChI=1S/C23H35N5O.2ClH/c1-18-22(19(2)28(26-18)16-21-7-5-4-6-8-21)15-25-23(29)17-27-13-10-20(11-14-27)9-12-24-3;;/h4-8,20,24H,9-17H2,1-3H3,(H,25,29);2*1H. The Balaban J connectivity index is 0.00000240. The van der Waals surface area contributed by atoms with E-state index in [1.165, 1.54) is 24.8 Å². The number of likely N-dealkylation sites (tertiary alicyclic amines) is 1. The van der Waals surface area contributed by atoms with Gasteiger partial charge in [-0.3, -0.25) is 14.4 Å². The summed E-state index contributed by atoms with van der Waals surface area (Å²) >= 11 is 0. The van der Waals surface area contributed by atoms with Gasteiger partial charge in [-0.2, -0.15) is 5.10 Å². The van der Waals surface area contributed by atoms with Gasteiger partial charge in [-0.1, -0.05) is 30.3 Å². The van der Waals surface area contributed by atoms with Crippen LogP contribution in [0.4, 0.5) is 0 Å². The molecule has 1 aliphatic rings. The van der Waals surface area contributed by atoms with Crippen LogP contribution in [0, 0.1) is 19.8 Å². The second kappa shape index (κ2) is 13.7. The third kappa shape index (κ3) is 8.11. The van der Waals surface area contributed by atoms with Crippen LogP contribution in [0.25, 0.3) is 0 Å². The van der Waals surface area contributed by atoms with Crippen molar-refractivity contribution >= 4 is 30.7 Å².